The van der Waals surface area contributed by atoms with Gasteiger partial charge < -0.3 is 24.4 Å². The maximum Gasteiger partial charge on any atom is 0.347 e. The first-order valence-corrected chi connectivity index (χ1v) is 9.17. The lowest BCUT2D eigenvalue weighted by Crippen LogP contribution is -2.22. The van der Waals surface area contributed by atoms with Crippen molar-refractivity contribution in [1.82, 2.24) is 0 Å². The summed E-state index contributed by atoms with van der Waals surface area (Å²) in [4.78, 5) is 38.8. The molecule has 1 amide bonds. The minimum absolute atomic E-state index is 0.0251. The van der Waals surface area contributed by atoms with Crippen LogP contribution in [0.5, 0.6) is 11.5 Å². The number of oxime groups is 1. The van der Waals surface area contributed by atoms with Crippen molar-refractivity contribution in [3.8, 4) is 11.5 Å². The molecule has 0 saturated carbocycles. The number of benzene rings is 2. The Morgan fingerprint density at radius 2 is 1.97 bits per heavy atom. The van der Waals surface area contributed by atoms with Gasteiger partial charge in [-0.2, -0.15) is 0 Å². The quantitative estimate of drug-likeness (QED) is 0.281. The zero-order valence-corrected chi connectivity index (χ0v) is 16.9. The van der Waals surface area contributed by atoms with Crippen molar-refractivity contribution < 1.29 is 33.6 Å². The number of nitrogens with zero attached hydrogens (tertiary/aromatic N) is 2. The van der Waals surface area contributed by atoms with Gasteiger partial charge in [-0.3, -0.25) is 14.9 Å². The molecule has 0 radical (unpaired) electrons. The van der Waals surface area contributed by atoms with E-state index in [4.69, 9.17) is 30.6 Å². The van der Waals surface area contributed by atoms with Gasteiger partial charge in [0.2, 0.25) is 13.4 Å². The van der Waals surface area contributed by atoms with Gasteiger partial charge in [-0.1, -0.05) is 16.8 Å². The molecule has 11 nitrogen and oxygen atoms in total. The lowest BCUT2D eigenvalue weighted by atomic mass is 10.1. The summed E-state index contributed by atoms with van der Waals surface area (Å²) in [7, 11) is 0. The second kappa shape index (κ2) is 9.76. The molecule has 3 rings (SSSR count). The number of hydrogen-bond donors (Lipinski definition) is 1. The summed E-state index contributed by atoms with van der Waals surface area (Å²) < 4.78 is 15.3. The molecule has 0 spiro atoms. The Morgan fingerprint density at radius 1 is 1.19 bits per heavy atom. The minimum Gasteiger partial charge on any atom is -0.454 e. The predicted molar refractivity (Wildman–Crippen MR) is 108 cm³/mol. The molecule has 0 atom stereocenters. The van der Waals surface area contributed by atoms with Crippen LogP contribution in [0.3, 0.4) is 0 Å². The monoisotopic (exact) mass is 449 g/mol. The summed E-state index contributed by atoms with van der Waals surface area (Å²) in [6.07, 6.45) is 0. The molecule has 31 heavy (non-hydrogen) atoms. The maximum atomic E-state index is 11.9. The van der Waals surface area contributed by atoms with Gasteiger partial charge in [0.15, 0.2) is 18.1 Å². The normalized spacial score (nSPS) is 12.3. The number of carbonyl (C=O) groups is 2. The van der Waals surface area contributed by atoms with E-state index in [1.54, 1.807) is 25.1 Å². The Kier molecular flexibility index (Phi) is 6.88. The van der Waals surface area contributed by atoms with Crippen LogP contribution in [0.15, 0.2) is 41.6 Å². The van der Waals surface area contributed by atoms with Crippen molar-refractivity contribution in [3.63, 3.8) is 0 Å². The topological polar surface area (TPSA) is 139 Å². The number of hydrogen-bond acceptors (Lipinski definition) is 9. The highest BCUT2D eigenvalue weighted by molar-refractivity contribution is 6.33. The average Bonchev–Trinajstić information content (AvgIpc) is 3.21. The molecule has 0 aliphatic carbocycles. The zero-order valence-electron chi connectivity index (χ0n) is 16.1. The molecule has 2 aromatic carbocycles. The third-order valence-electron chi connectivity index (χ3n) is 3.97. The van der Waals surface area contributed by atoms with Gasteiger partial charge in [0.05, 0.1) is 21.3 Å². The number of rotatable bonds is 8. The molecular formula is C19H16ClN3O8. The molecule has 0 bridgehead atoms. The molecule has 1 aliphatic rings. The number of halogens is 1. The molecule has 0 unspecified atom stereocenters. The third-order valence-corrected chi connectivity index (χ3v) is 4.30. The Hall–Kier alpha value is -3.86. The number of carbonyl (C=O) groups excluding carboxylic acids is 2. The molecule has 162 valence electrons. The van der Waals surface area contributed by atoms with E-state index in [-0.39, 0.29) is 23.2 Å². The summed E-state index contributed by atoms with van der Waals surface area (Å²) in [6, 6.07) is 8.79. The second-order valence-electron chi connectivity index (χ2n) is 6.15. The fourth-order valence-corrected chi connectivity index (χ4v) is 2.62. The second-order valence-corrected chi connectivity index (χ2v) is 6.56. The van der Waals surface area contributed by atoms with E-state index >= 15 is 0 Å². The number of nitro groups is 1. The van der Waals surface area contributed by atoms with Gasteiger partial charge in [-0.15, -0.1) is 0 Å². The van der Waals surface area contributed by atoms with Crippen molar-refractivity contribution in [3.05, 3.63) is 57.1 Å². The fourth-order valence-electron chi connectivity index (χ4n) is 2.45. The first kappa shape index (κ1) is 21.8. The number of ether oxygens (including phenoxy) is 3. The van der Waals surface area contributed by atoms with Crippen LogP contribution in [0, 0.1) is 10.1 Å². The van der Waals surface area contributed by atoms with Crippen LogP contribution in [-0.4, -0.2) is 42.5 Å². The molecule has 2 aromatic rings. The molecule has 12 heteroatoms. The Balaban J connectivity index is 1.45. The molecule has 1 aliphatic heterocycles. The lowest BCUT2D eigenvalue weighted by Gasteiger charge is -2.08. The predicted octanol–water partition coefficient (Wildman–Crippen LogP) is 2.90. The van der Waals surface area contributed by atoms with Crippen LogP contribution in [0.4, 0.5) is 11.4 Å². The van der Waals surface area contributed by atoms with Gasteiger partial charge in [0, 0.05) is 17.7 Å². The van der Waals surface area contributed by atoms with E-state index in [1.807, 2.05) is 0 Å². The van der Waals surface area contributed by atoms with Crippen molar-refractivity contribution >= 4 is 40.6 Å². The number of nitrogens with one attached hydrogen (secondary N) is 1. The largest absolute Gasteiger partial charge is 0.454 e. The number of nitro benzene ring substituents is 1. The van der Waals surface area contributed by atoms with E-state index < -0.39 is 30.0 Å². The first-order chi connectivity index (χ1) is 14.8. The summed E-state index contributed by atoms with van der Waals surface area (Å²) in [5.74, 6) is -0.342. The van der Waals surface area contributed by atoms with Gasteiger partial charge in [-0.05, 0) is 31.2 Å². The van der Waals surface area contributed by atoms with Crippen molar-refractivity contribution in [2.45, 2.75) is 6.92 Å². The Bertz CT molecular complexity index is 1060. The molecule has 1 N–H and O–H groups in total. The molecule has 1 heterocycles. The van der Waals surface area contributed by atoms with Crippen LogP contribution in [0.2, 0.25) is 5.02 Å². The lowest BCUT2D eigenvalue weighted by molar-refractivity contribution is -0.384. The van der Waals surface area contributed by atoms with E-state index in [2.05, 4.69) is 10.5 Å². The van der Waals surface area contributed by atoms with Gasteiger partial charge in [-0.25, -0.2) is 4.79 Å². The number of fused-ring (bicyclic) bond motifs is 1. The molecular weight excluding hydrogens is 434 g/mol. The van der Waals surface area contributed by atoms with Crippen LogP contribution in [-0.2, 0) is 19.2 Å². The van der Waals surface area contributed by atoms with Crippen molar-refractivity contribution in [2.24, 2.45) is 5.16 Å². The molecule has 0 aromatic heterocycles. The van der Waals surface area contributed by atoms with Crippen molar-refractivity contribution in [2.75, 3.05) is 25.3 Å². The Morgan fingerprint density at radius 3 is 2.74 bits per heavy atom. The smallest absolute Gasteiger partial charge is 0.347 e. The van der Waals surface area contributed by atoms with Gasteiger partial charge in [0.1, 0.15) is 0 Å². The highest BCUT2D eigenvalue weighted by Crippen LogP contribution is 2.32. The van der Waals surface area contributed by atoms with E-state index in [0.717, 1.165) is 6.07 Å². The van der Waals surface area contributed by atoms with Gasteiger partial charge in [0.25, 0.3) is 11.6 Å². The minimum atomic E-state index is -0.831. The van der Waals surface area contributed by atoms with Crippen LogP contribution >= 0.6 is 11.6 Å². The maximum absolute atomic E-state index is 11.9. The Labute approximate surface area is 180 Å². The third kappa shape index (κ3) is 5.82. The number of amides is 1. The highest BCUT2D eigenvalue weighted by atomic mass is 35.5. The van der Waals surface area contributed by atoms with Crippen LogP contribution in [0.25, 0.3) is 0 Å². The van der Waals surface area contributed by atoms with Crippen LogP contribution in [0.1, 0.15) is 12.5 Å². The summed E-state index contributed by atoms with van der Waals surface area (Å²) in [5.41, 5.74) is 0.980. The fraction of sp³-hybridized carbons (Fsp3) is 0.211. The number of non-ortho nitro benzene ring substituents is 1. The average molecular weight is 450 g/mol. The van der Waals surface area contributed by atoms with E-state index in [0.29, 0.717) is 22.8 Å². The zero-order chi connectivity index (χ0) is 22.4. The summed E-state index contributed by atoms with van der Waals surface area (Å²) in [5, 5.41) is 17.1. The summed E-state index contributed by atoms with van der Waals surface area (Å²) in [6.45, 7) is 0.677. The summed E-state index contributed by atoms with van der Waals surface area (Å²) >= 11 is 5.89. The van der Waals surface area contributed by atoms with E-state index in [1.165, 1.54) is 12.1 Å². The molecule has 0 fully saturated rings. The number of anilines is 1. The SMILES string of the molecule is C/C(=N\OCC(=O)OCC(=O)Nc1cc([N+](=O)[O-])ccc1Cl)c1ccc2c(c1)OCO2. The van der Waals surface area contributed by atoms with E-state index in [9.17, 15) is 19.7 Å². The number of esters is 1. The highest BCUT2D eigenvalue weighted by Gasteiger charge is 2.15. The van der Waals surface area contributed by atoms with Crippen LogP contribution < -0.4 is 14.8 Å². The molecule has 0 saturated heterocycles. The first-order valence-electron chi connectivity index (χ1n) is 8.79. The van der Waals surface area contributed by atoms with Gasteiger partial charge >= 0.3 is 5.97 Å². The standard InChI is InChI=1S/C19H16ClN3O8/c1-11(12-2-5-16-17(6-12)30-10-29-16)22-31-9-19(25)28-8-18(24)21-15-7-13(23(26)27)3-4-14(15)20/h2-7H,8-10H2,1H3,(H,21,24)/b22-11+. The van der Waals surface area contributed by atoms with Crippen molar-refractivity contribution in [1.29, 1.82) is 0 Å².